The second-order valence-corrected chi connectivity index (χ2v) is 9.10. The zero-order valence-corrected chi connectivity index (χ0v) is 19.7. The van der Waals surface area contributed by atoms with E-state index >= 15 is 0 Å². The molecule has 0 bridgehead atoms. The predicted octanol–water partition coefficient (Wildman–Crippen LogP) is 0.531. The summed E-state index contributed by atoms with van der Waals surface area (Å²) in [7, 11) is 0. The van der Waals surface area contributed by atoms with Gasteiger partial charge in [-0.25, -0.2) is 4.79 Å². The molecule has 0 aromatic carbocycles. The first kappa shape index (κ1) is 28.2. The summed E-state index contributed by atoms with van der Waals surface area (Å²) < 4.78 is 0. The quantitative estimate of drug-likeness (QED) is 0.227. The van der Waals surface area contributed by atoms with Gasteiger partial charge in [-0.2, -0.15) is 12.6 Å². The van der Waals surface area contributed by atoms with Crippen LogP contribution in [-0.4, -0.2) is 58.7 Å². The van der Waals surface area contributed by atoms with Crippen molar-refractivity contribution < 1.29 is 24.3 Å². The summed E-state index contributed by atoms with van der Waals surface area (Å²) in [6.07, 6.45) is 0.735. The van der Waals surface area contributed by atoms with E-state index in [0.717, 1.165) is 0 Å². The van der Waals surface area contributed by atoms with Crippen LogP contribution in [0.25, 0.3) is 0 Å². The van der Waals surface area contributed by atoms with Crippen LogP contribution in [0.15, 0.2) is 0 Å². The molecule has 0 spiro atoms. The molecule has 0 aromatic rings. The van der Waals surface area contributed by atoms with Gasteiger partial charge in [0.05, 0.1) is 6.04 Å². The van der Waals surface area contributed by atoms with Crippen LogP contribution < -0.4 is 21.7 Å². The normalized spacial score (nSPS) is 15.4. The van der Waals surface area contributed by atoms with Crippen molar-refractivity contribution in [1.82, 2.24) is 16.0 Å². The highest BCUT2D eigenvalue weighted by molar-refractivity contribution is 7.80. The largest absolute Gasteiger partial charge is 0.480 e. The summed E-state index contributed by atoms with van der Waals surface area (Å²) in [6, 6.07) is -3.74. The molecule has 0 heterocycles. The lowest BCUT2D eigenvalue weighted by Crippen LogP contribution is -2.59. The highest BCUT2D eigenvalue weighted by Crippen LogP contribution is 2.09. The van der Waals surface area contributed by atoms with E-state index in [2.05, 4.69) is 28.6 Å². The zero-order chi connectivity index (χ0) is 23.6. The minimum atomic E-state index is -1.13. The summed E-state index contributed by atoms with van der Waals surface area (Å²) in [5.74, 6) is -2.78. The molecule has 0 aromatic heterocycles. The molecule has 0 saturated carbocycles. The summed E-state index contributed by atoms with van der Waals surface area (Å²) in [6.45, 7) is 11.0. The van der Waals surface area contributed by atoms with Crippen LogP contribution in [0.5, 0.6) is 0 Å². The van der Waals surface area contributed by atoms with Crippen LogP contribution >= 0.6 is 12.6 Å². The molecule has 0 radical (unpaired) electrons. The Morgan fingerprint density at radius 1 is 0.800 bits per heavy atom. The molecular formula is C20H38N4O5S. The van der Waals surface area contributed by atoms with E-state index < -0.39 is 47.9 Å². The maximum absolute atomic E-state index is 12.7. The molecule has 10 heteroatoms. The first-order chi connectivity index (χ1) is 13.8. The molecular weight excluding hydrogens is 408 g/mol. The van der Waals surface area contributed by atoms with Gasteiger partial charge in [-0.05, 0) is 30.6 Å². The first-order valence-electron chi connectivity index (χ1n) is 10.3. The number of carboxylic acids is 1. The first-order valence-corrected chi connectivity index (χ1v) is 10.9. The van der Waals surface area contributed by atoms with Gasteiger partial charge in [0.2, 0.25) is 17.7 Å². The van der Waals surface area contributed by atoms with Crippen molar-refractivity contribution in [2.75, 3.05) is 5.75 Å². The van der Waals surface area contributed by atoms with Crippen LogP contribution in [0.3, 0.4) is 0 Å². The number of carbonyl (C=O) groups is 4. The Labute approximate surface area is 184 Å². The van der Waals surface area contributed by atoms with Gasteiger partial charge < -0.3 is 26.8 Å². The fraction of sp³-hybridized carbons (Fsp3) is 0.800. The number of hydrogen-bond donors (Lipinski definition) is 6. The highest BCUT2D eigenvalue weighted by Gasteiger charge is 2.31. The van der Waals surface area contributed by atoms with E-state index in [1.807, 2.05) is 27.7 Å². The SMILES string of the molecule is CC(C)C[C@H](NC(=O)[C@@H](NC(=O)[C@H](CS)NC(=O)[C@@H](N)CC(C)C)C(C)C)C(=O)O. The third-order valence-corrected chi connectivity index (χ3v) is 4.81. The predicted molar refractivity (Wildman–Crippen MR) is 119 cm³/mol. The van der Waals surface area contributed by atoms with Crippen molar-refractivity contribution in [3.8, 4) is 0 Å². The van der Waals surface area contributed by atoms with E-state index in [1.54, 1.807) is 13.8 Å². The number of hydrogen-bond acceptors (Lipinski definition) is 6. The van der Waals surface area contributed by atoms with Crippen LogP contribution in [0.2, 0.25) is 0 Å². The summed E-state index contributed by atoms with van der Waals surface area (Å²) >= 11 is 4.12. The molecule has 0 rings (SSSR count). The third kappa shape index (κ3) is 10.3. The van der Waals surface area contributed by atoms with E-state index in [0.29, 0.717) is 6.42 Å². The lowest BCUT2D eigenvalue weighted by Gasteiger charge is -2.27. The Balaban J connectivity index is 5.17. The molecule has 4 atom stereocenters. The lowest BCUT2D eigenvalue weighted by atomic mass is 10.00. The summed E-state index contributed by atoms with van der Waals surface area (Å²) in [4.78, 5) is 49.0. The average Bonchev–Trinajstić information content (AvgIpc) is 2.61. The minimum Gasteiger partial charge on any atom is -0.480 e. The molecule has 9 nitrogen and oxygen atoms in total. The van der Waals surface area contributed by atoms with Gasteiger partial charge in [-0.3, -0.25) is 14.4 Å². The Morgan fingerprint density at radius 2 is 1.30 bits per heavy atom. The molecule has 0 aliphatic carbocycles. The third-order valence-electron chi connectivity index (χ3n) is 4.45. The standard InChI is InChI=1S/C20H38N4O5S/c1-10(2)7-13(21)17(25)23-15(9-30)18(26)24-16(12(5)6)19(27)22-14(20(28)29)8-11(3)4/h10-16,30H,7-9,21H2,1-6H3,(H,22,27)(H,23,25)(H,24,26)(H,28,29)/t13-,14-,15-,16-/m0/s1. The van der Waals surface area contributed by atoms with E-state index in [4.69, 9.17) is 5.73 Å². The van der Waals surface area contributed by atoms with Gasteiger partial charge in [-0.15, -0.1) is 0 Å². The highest BCUT2D eigenvalue weighted by atomic mass is 32.1. The van der Waals surface area contributed by atoms with E-state index in [9.17, 15) is 24.3 Å². The number of amides is 3. The molecule has 0 unspecified atom stereocenters. The maximum atomic E-state index is 12.7. The van der Waals surface area contributed by atoms with E-state index in [1.165, 1.54) is 0 Å². The van der Waals surface area contributed by atoms with Gasteiger partial charge in [-0.1, -0.05) is 41.5 Å². The second-order valence-electron chi connectivity index (χ2n) is 8.74. The maximum Gasteiger partial charge on any atom is 0.326 e. The summed E-state index contributed by atoms with van der Waals surface area (Å²) in [5.41, 5.74) is 5.85. The molecule has 3 amide bonds. The number of rotatable bonds is 13. The van der Waals surface area contributed by atoms with Crippen molar-refractivity contribution in [2.24, 2.45) is 23.5 Å². The van der Waals surface area contributed by atoms with Crippen molar-refractivity contribution in [3.05, 3.63) is 0 Å². The van der Waals surface area contributed by atoms with Gasteiger partial charge in [0.15, 0.2) is 0 Å². The number of carboxylic acid groups (broad SMARTS) is 1. The van der Waals surface area contributed by atoms with Crippen molar-refractivity contribution in [3.63, 3.8) is 0 Å². The van der Waals surface area contributed by atoms with Crippen LogP contribution in [-0.2, 0) is 19.2 Å². The van der Waals surface area contributed by atoms with Crippen molar-refractivity contribution in [1.29, 1.82) is 0 Å². The number of carbonyl (C=O) groups excluding carboxylic acids is 3. The number of nitrogens with one attached hydrogen (secondary N) is 3. The molecule has 30 heavy (non-hydrogen) atoms. The van der Waals surface area contributed by atoms with E-state index in [-0.39, 0.29) is 29.9 Å². The number of nitrogens with two attached hydrogens (primary N) is 1. The second kappa shape index (κ2) is 13.5. The lowest BCUT2D eigenvalue weighted by molar-refractivity contribution is -0.143. The topological polar surface area (TPSA) is 151 Å². The summed E-state index contributed by atoms with van der Waals surface area (Å²) in [5, 5.41) is 17.0. The van der Waals surface area contributed by atoms with Crippen molar-refractivity contribution in [2.45, 2.75) is 78.6 Å². The molecule has 0 aliphatic heterocycles. The van der Waals surface area contributed by atoms with Crippen molar-refractivity contribution >= 4 is 36.3 Å². The Morgan fingerprint density at radius 3 is 1.70 bits per heavy atom. The molecule has 0 saturated heterocycles. The zero-order valence-electron chi connectivity index (χ0n) is 18.8. The smallest absolute Gasteiger partial charge is 0.326 e. The monoisotopic (exact) mass is 446 g/mol. The fourth-order valence-corrected chi connectivity index (χ4v) is 3.09. The Hall–Kier alpha value is -1.81. The van der Waals surface area contributed by atoms with Gasteiger partial charge in [0.1, 0.15) is 18.1 Å². The fourth-order valence-electron chi connectivity index (χ4n) is 2.83. The van der Waals surface area contributed by atoms with Gasteiger partial charge >= 0.3 is 5.97 Å². The van der Waals surface area contributed by atoms with Crippen LogP contribution in [0.4, 0.5) is 0 Å². The Bertz CT molecular complexity index is 598. The molecule has 0 aliphatic rings. The number of thiol groups is 1. The number of aliphatic carboxylic acids is 1. The van der Waals surface area contributed by atoms with Crippen LogP contribution in [0.1, 0.15) is 54.4 Å². The minimum absolute atomic E-state index is 0.0174. The van der Waals surface area contributed by atoms with Gasteiger partial charge in [0.25, 0.3) is 0 Å². The molecule has 174 valence electrons. The molecule has 6 N–H and O–H groups in total. The molecule has 0 fully saturated rings. The van der Waals surface area contributed by atoms with Crippen LogP contribution in [0, 0.1) is 17.8 Å². The average molecular weight is 447 g/mol. The van der Waals surface area contributed by atoms with Gasteiger partial charge in [0, 0.05) is 5.75 Å². The Kier molecular flexibility index (Phi) is 12.7.